The summed E-state index contributed by atoms with van der Waals surface area (Å²) >= 11 is 6.14. The van der Waals surface area contributed by atoms with Gasteiger partial charge in [0.1, 0.15) is 16.8 Å². The van der Waals surface area contributed by atoms with Gasteiger partial charge < -0.3 is 9.47 Å². The number of nitrogens with zero attached hydrogens (tertiary/aromatic N) is 2. The van der Waals surface area contributed by atoms with Crippen LogP contribution in [0.3, 0.4) is 0 Å². The number of hydrogen-bond acceptors (Lipinski definition) is 7. The second kappa shape index (κ2) is 8.94. The summed E-state index contributed by atoms with van der Waals surface area (Å²) in [7, 11) is 0. The Balaban J connectivity index is 2.68. The zero-order chi connectivity index (χ0) is 20.1. The van der Waals surface area contributed by atoms with E-state index in [9.17, 15) is 19.7 Å². The van der Waals surface area contributed by atoms with Gasteiger partial charge in [0, 0.05) is 11.1 Å². The maximum absolute atomic E-state index is 12.5. The average Bonchev–Trinajstić information content (AvgIpc) is 3.41. The van der Waals surface area contributed by atoms with Crippen LogP contribution in [0.1, 0.15) is 44.4 Å². The fourth-order valence-electron chi connectivity index (χ4n) is 2.67. The molecule has 0 N–H and O–H groups in total. The lowest BCUT2D eigenvalue weighted by atomic mass is 9.95. The average molecular weight is 397 g/mol. The first kappa shape index (κ1) is 20.8. The van der Waals surface area contributed by atoms with Crippen LogP contribution in [-0.4, -0.2) is 35.1 Å². The number of aromatic nitrogens is 1. The topological polar surface area (TPSA) is 109 Å². The van der Waals surface area contributed by atoms with Gasteiger partial charge in [0.15, 0.2) is 0 Å². The van der Waals surface area contributed by atoms with Crippen LogP contribution in [0.4, 0.5) is 5.69 Å². The van der Waals surface area contributed by atoms with E-state index in [0.29, 0.717) is 23.5 Å². The maximum atomic E-state index is 12.5. The summed E-state index contributed by atoms with van der Waals surface area (Å²) in [5.74, 6) is -1.31. The molecule has 0 unspecified atom stereocenters. The van der Waals surface area contributed by atoms with E-state index < -0.39 is 16.9 Å². The number of allylic oxidation sites excluding steroid dienone is 1. The van der Waals surface area contributed by atoms with Gasteiger partial charge in [0.2, 0.25) is 0 Å². The van der Waals surface area contributed by atoms with Crippen molar-refractivity contribution in [2.75, 3.05) is 13.2 Å². The number of carbonyl (C=O) groups excluding carboxylic acids is 2. The number of nitro groups is 1. The van der Waals surface area contributed by atoms with Crippen LogP contribution in [0.2, 0.25) is 5.02 Å². The molecule has 0 aromatic carbocycles. The lowest BCUT2D eigenvalue weighted by Gasteiger charge is -2.15. The molecule has 0 amide bonds. The summed E-state index contributed by atoms with van der Waals surface area (Å²) in [6.45, 7) is 5.01. The van der Waals surface area contributed by atoms with E-state index in [1.54, 1.807) is 20.8 Å². The van der Waals surface area contributed by atoms with Crippen LogP contribution >= 0.6 is 11.6 Å². The quantitative estimate of drug-likeness (QED) is 0.165. The van der Waals surface area contributed by atoms with Crippen molar-refractivity contribution >= 4 is 34.8 Å². The van der Waals surface area contributed by atoms with E-state index in [1.807, 2.05) is 0 Å². The van der Waals surface area contributed by atoms with Crippen molar-refractivity contribution in [3.63, 3.8) is 0 Å². The second-order valence-corrected chi connectivity index (χ2v) is 6.51. The van der Waals surface area contributed by atoms with Gasteiger partial charge in [-0.15, -0.1) is 0 Å². The minimum Gasteiger partial charge on any atom is -0.462 e. The lowest BCUT2D eigenvalue weighted by molar-refractivity contribution is -0.385. The normalized spacial score (nSPS) is 13.0. The highest BCUT2D eigenvalue weighted by atomic mass is 35.5. The molecule has 27 heavy (non-hydrogen) atoms. The van der Waals surface area contributed by atoms with E-state index in [1.165, 1.54) is 0 Å². The molecular weight excluding hydrogens is 376 g/mol. The Morgan fingerprint density at radius 3 is 2.26 bits per heavy atom. The molecule has 146 valence electrons. The van der Waals surface area contributed by atoms with E-state index in [-0.39, 0.29) is 35.2 Å². The summed E-state index contributed by atoms with van der Waals surface area (Å²) < 4.78 is 10.1. The Hall–Kier alpha value is -2.48. The van der Waals surface area contributed by atoms with Gasteiger partial charge in [0.25, 0.3) is 0 Å². The molecule has 1 aromatic heterocycles. The molecule has 1 saturated carbocycles. The molecule has 0 spiro atoms. The molecule has 2 rings (SSSR count). The minimum atomic E-state index is -0.803. The molecule has 0 bridgehead atoms. The molecule has 8 nitrogen and oxygen atoms in total. The number of esters is 2. The number of pyridine rings is 1. The third-order valence-corrected chi connectivity index (χ3v) is 4.64. The zero-order valence-electron chi connectivity index (χ0n) is 15.4. The fraction of sp³-hybridized carbons (Fsp3) is 0.500. The monoisotopic (exact) mass is 396 g/mol. The van der Waals surface area contributed by atoms with Gasteiger partial charge >= 0.3 is 17.6 Å². The van der Waals surface area contributed by atoms with Gasteiger partial charge in [-0.2, -0.15) is 0 Å². The second-order valence-electron chi connectivity index (χ2n) is 6.13. The predicted octanol–water partition coefficient (Wildman–Crippen LogP) is 3.63. The van der Waals surface area contributed by atoms with Gasteiger partial charge in [-0.05, 0) is 46.0 Å². The van der Waals surface area contributed by atoms with Crippen LogP contribution in [0, 0.1) is 23.0 Å². The number of hydrogen-bond donors (Lipinski definition) is 0. The van der Waals surface area contributed by atoms with Crippen LogP contribution < -0.4 is 0 Å². The maximum Gasteiger partial charge on any atom is 0.345 e. The Morgan fingerprint density at radius 1 is 1.26 bits per heavy atom. The Bertz CT molecular complexity index is 781. The highest BCUT2D eigenvalue weighted by molar-refractivity contribution is 6.33. The zero-order valence-corrected chi connectivity index (χ0v) is 16.2. The summed E-state index contributed by atoms with van der Waals surface area (Å²) in [5, 5.41) is 11.0. The standard InChI is InChI=1S/C18H21ClN2O6/c1-4-26-17(22)14(18(23)27-5-2)12(8-11-6-7-11)16-10(3)15(19)13(9-20-16)21(24)25/h9,11H,4-8H2,1-3H3. The summed E-state index contributed by atoms with van der Waals surface area (Å²) in [4.78, 5) is 39.6. The molecule has 0 saturated heterocycles. The van der Waals surface area contributed by atoms with Crippen LogP contribution in [0.15, 0.2) is 11.8 Å². The van der Waals surface area contributed by atoms with Gasteiger partial charge in [-0.3, -0.25) is 10.1 Å². The van der Waals surface area contributed by atoms with E-state index in [2.05, 4.69) is 4.98 Å². The smallest absolute Gasteiger partial charge is 0.345 e. The van der Waals surface area contributed by atoms with Gasteiger partial charge in [-0.25, -0.2) is 14.6 Å². The van der Waals surface area contributed by atoms with Crippen LogP contribution in [0.25, 0.3) is 5.57 Å². The third kappa shape index (κ3) is 4.82. The van der Waals surface area contributed by atoms with Crippen LogP contribution in [0.5, 0.6) is 0 Å². The van der Waals surface area contributed by atoms with Crippen molar-refractivity contribution in [3.05, 3.63) is 38.2 Å². The summed E-state index contributed by atoms with van der Waals surface area (Å²) in [5.41, 5.74) is 0.383. The highest BCUT2D eigenvalue weighted by Crippen LogP contribution is 2.41. The molecule has 0 aliphatic heterocycles. The van der Waals surface area contributed by atoms with Crippen molar-refractivity contribution in [3.8, 4) is 0 Å². The molecule has 1 fully saturated rings. The Kier molecular flexibility index (Phi) is 6.90. The molecule has 0 radical (unpaired) electrons. The van der Waals surface area contributed by atoms with E-state index >= 15 is 0 Å². The van der Waals surface area contributed by atoms with Crippen molar-refractivity contribution in [2.24, 2.45) is 5.92 Å². The first-order chi connectivity index (χ1) is 12.8. The predicted molar refractivity (Wildman–Crippen MR) is 98.2 cm³/mol. The highest BCUT2D eigenvalue weighted by Gasteiger charge is 2.33. The molecule has 1 aliphatic rings. The lowest BCUT2D eigenvalue weighted by Crippen LogP contribution is -2.21. The number of ether oxygens (including phenoxy) is 2. The first-order valence-corrected chi connectivity index (χ1v) is 9.06. The summed E-state index contributed by atoms with van der Waals surface area (Å²) in [6, 6.07) is 0. The number of halogens is 1. The minimum absolute atomic E-state index is 0.0784. The third-order valence-electron chi connectivity index (χ3n) is 4.16. The van der Waals surface area contributed by atoms with Gasteiger partial charge in [0.05, 0.1) is 23.8 Å². The Morgan fingerprint density at radius 2 is 1.81 bits per heavy atom. The molecule has 1 heterocycles. The molecule has 0 atom stereocenters. The van der Waals surface area contributed by atoms with Gasteiger partial charge in [-0.1, -0.05) is 11.6 Å². The Labute approximate surface area is 161 Å². The first-order valence-electron chi connectivity index (χ1n) is 8.68. The van der Waals surface area contributed by atoms with Crippen molar-refractivity contribution in [2.45, 2.75) is 40.0 Å². The number of rotatable bonds is 8. The molecular formula is C18H21ClN2O6. The SMILES string of the molecule is CCOC(=O)C(C(=O)OCC)=C(CC1CC1)c1ncc([N+](=O)[O-])c(Cl)c1C. The summed E-state index contributed by atoms with van der Waals surface area (Å²) in [6.07, 6.45) is 3.37. The molecule has 1 aliphatic carbocycles. The fourth-order valence-corrected chi connectivity index (χ4v) is 2.88. The molecule has 1 aromatic rings. The van der Waals surface area contributed by atoms with E-state index in [0.717, 1.165) is 19.0 Å². The van der Waals surface area contributed by atoms with Crippen molar-refractivity contribution in [1.82, 2.24) is 4.98 Å². The van der Waals surface area contributed by atoms with Crippen molar-refractivity contribution in [1.29, 1.82) is 0 Å². The van der Waals surface area contributed by atoms with E-state index in [4.69, 9.17) is 21.1 Å². The largest absolute Gasteiger partial charge is 0.462 e. The van der Waals surface area contributed by atoms with Crippen molar-refractivity contribution < 1.29 is 24.0 Å². The number of carbonyl (C=O) groups is 2. The van der Waals surface area contributed by atoms with Crippen LogP contribution in [-0.2, 0) is 19.1 Å². The molecule has 9 heteroatoms.